The van der Waals surface area contributed by atoms with Crippen molar-refractivity contribution in [1.82, 2.24) is 0 Å². The highest BCUT2D eigenvalue weighted by Crippen LogP contribution is 2.62. The van der Waals surface area contributed by atoms with E-state index in [-0.39, 0.29) is 141 Å². The lowest BCUT2D eigenvalue weighted by Crippen LogP contribution is -2.62. The van der Waals surface area contributed by atoms with Gasteiger partial charge in [0.1, 0.15) is 0 Å². The molecule has 0 spiro atoms. The average Bonchev–Trinajstić information content (AvgIpc) is 3.24. The average molecular weight is 793 g/mol. The summed E-state index contributed by atoms with van der Waals surface area (Å²) >= 11 is 0. The molecule has 4 saturated carbocycles. The van der Waals surface area contributed by atoms with Crippen LogP contribution in [0.2, 0.25) is 0 Å². The quantitative estimate of drug-likeness (QED) is 0.164. The van der Waals surface area contributed by atoms with Crippen molar-refractivity contribution < 1.29 is 19.2 Å². The predicted molar refractivity (Wildman–Crippen MR) is 255 cm³/mol. The summed E-state index contributed by atoms with van der Waals surface area (Å²) in [5, 5.41) is 0. The molecule has 59 heavy (non-hydrogen) atoms. The van der Waals surface area contributed by atoms with Crippen molar-refractivity contribution in [1.29, 1.82) is 0 Å². The van der Waals surface area contributed by atoms with Crippen LogP contribution in [0.15, 0.2) is 96.7 Å². The third kappa shape index (κ3) is 6.34. The fourth-order valence-electron chi connectivity index (χ4n) is 11.1. The summed E-state index contributed by atoms with van der Waals surface area (Å²) < 4.78 is 139. The summed E-state index contributed by atoms with van der Waals surface area (Å²) in [5.41, 5.74) is -1.02. The van der Waals surface area contributed by atoms with E-state index in [4.69, 9.17) is 0 Å². The Balaban J connectivity index is 1.49. The molecule has 0 radical (unpaired) electrons. The second kappa shape index (κ2) is 12.9. The lowest BCUT2D eigenvalue weighted by atomic mass is 9.33. The summed E-state index contributed by atoms with van der Waals surface area (Å²) in [5.74, 6) is 1.38. The molecule has 4 aliphatic carbocycles. The molecule has 5 aromatic carbocycles. The first-order chi connectivity index (χ1) is 33.6. The van der Waals surface area contributed by atoms with Crippen molar-refractivity contribution in [2.45, 2.75) is 149 Å². The number of hydrogen-bond acceptors (Lipinski definition) is 2. The Labute approximate surface area is 376 Å². The van der Waals surface area contributed by atoms with Crippen molar-refractivity contribution in [2.24, 2.45) is 17.8 Å². The van der Waals surface area contributed by atoms with E-state index in [1.807, 2.05) is 95.2 Å². The van der Waals surface area contributed by atoms with Gasteiger partial charge >= 0.3 is 0 Å². The zero-order valence-corrected chi connectivity index (χ0v) is 37.1. The first-order valence-electron chi connectivity index (χ1n) is 28.8. The van der Waals surface area contributed by atoms with Gasteiger partial charge in [-0.15, -0.1) is 0 Å². The highest BCUT2D eigenvalue weighted by molar-refractivity contribution is 7.00. The highest BCUT2D eigenvalue weighted by Gasteiger charge is 2.53. The van der Waals surface area contributed by atoms with Gasteiger partial charge in [-0.25, -0.2) is 0 Å². The minimum atomic E-state index is -1.17. The molecule has 2 aliphatic heterocycles. The van der Waals surface area contributed by atoms with Crippen molar-refractivity contribution in [2.75, 3.05) is 9.80 Å². The molecule has 0 saturated heterocycles. The normalized spacial score (nSPS) is 26.6. The summed E-state index contributed by atoms with van der Waals surface area (Å²) in [4.78, 5) is 3.12. The number of hydrogen-bond donors (Lipinski definition) is 0. The van der Waals surface area contributed by atoms with Crippen LogP contribution in [-0.2, 0) is 27.1 Å². The largest absolute Gasteiger partial charge is 0.311 e. The fraction of sp³-hybridized carbons (Fsp3) is 0.464. The molecule has 2 nitrogen and oxygen atoms in total. The van der Waals surface area contributed by atoms with E-state index in [2.05, 4.69) is 0 Å². The fourth-order valence-corrected chi connectivity index (χ4v) is 11.1. The van der Waals surface area contributed by atoms with Crippen LogP contribution < -0.4 is 26.2 Å². The third-order valence-electron chi connectivity index (χ3n) is 13.9. The van der Waals surface area contributed by atoms with E-state index in [9.17, 15) is 19.2 Å². The smallest absolute Gasteiger partial charge is 0.252 e. The number of anilines is 6. The van der Waals surface area contributed by atoms with Gasteiger partial charge in [-0.05, 0) is 176 Å². The van der Waals surface area contributed by atoms with E-state index in [0.29, 0.717) is 34.6 Å². The molecule has 11 rings (SSSR count). The first-order valence-corrected chi connectivity index (χ1v) is 21.8. The number of fused-ring (bicyclic) bond motifs is 4. The number of benzene rings is 5. The molecule has 4 fully saturated rings. The van der Waals surface area contributed by atoms with Crippen LogP contribution >= 0.6 is 0 Å². The Morgan fingerprint density at radius 1 is 0.475 bits per heavy atom. The topological polar surface area (TPSA) is 6.48 Å². The molecule has 0 unspecified atom stereocenters. The summed E-state index contributed by atoms with van der Waals surface area (Å²) in [7, 11) is 0. The second-order valence-corrected chi connectivity index (χ2v) is 22.7. The van der Waals surface area contributed by atoms with Crippen LogP contribution in [0.25, 0.3) is 0 Å². The van der Waals surface area contributed by atoms with Gasteiger partial charge in [-0.1, -0.05) is 131 Å². The van der Waals surface area contributed by atoms with Crippen LogP contribution in [0.4, 0.5) is 34.1 Å². The highest BCUT2D eigenvalue weighted by atomic mass is 15.2. The summed E-state index contributed by atoms with van der Waals surface area (Å²) in [6, 6.07) is 0.105. The Kier molecular flexibility index (Phi) is 5.72. The first kappa shape index (κ1) is 26.2. The van der Waals surface area contributed by atoms with E-state index in [1.165, 1.54) is 0 Å². The van der Waals surface area contributed by atoms with Crippen LogP contribution in [0.1, 0.15) is 169 Å². The maximum Gasteiger partial charge on any atom is 0.252 e. The van der Waals surface area contributed by atoms with Crippen molar-refractivity contribution in [3.63, 3.8) is 0 Å². The molecule has 4 bridgehead atoms. The van der Waals surface area contributed by atoms with E-state index < -0.39 is 33.8 Å². The molecule has 0 atom stereocenters. The van der Waals surface area contributed by atoms with Gasteiger partial charge in [0.25, 0.3) is 6.71 Å². The zero-order valence-electron chi connectivity index (χ0n) is 51.1. The molecule has 0 N–H and O–H groups in total. The van der Waals surface area contributed by atoms with Crippen LogP contribution in [0.5, 0.6) is 0 Å². The van der Waals surface area contributed by atoms with Crippen LogP contribution in [-0.4, -0.2) is 6.71 Å². The van der Waals surface area contributed by atoms with Crippen LogP contribution in [0, 0.1) is 17.8 Å². The lowest BCUT2D eigenvalue weighted by Gasteiger charge is -2.57. The van der Waals surface area contributed by atoms with Gasteiger partial charge in [0.2, 0.25) is 0 Å². The minimum Gasteiger partial charge on any atom is -0.311 e. The molecule has 304 valence electrons. The molecule has 0 aromatic heterocycles. The predicted octanol–water partition coefficient (Wildman–Crippen LogP) is 13.4. The third-order valence-corrected chi connectivity index (χ3v) is 13.9. The lowest BCUT2D eigenvalue weighted by molar-refractivity contribution is -0.00514. The molecule has 3 heteroatoms. The van der Waals surface area contributed by atoms with Gasteiger partial charge in [0.05, 0.1) is 19.2 Å². The van der Waals surface area contributed by atoms with E-state index in [0.717, 1.165) is 44.1 Å². The second-order valence-electron chi connectivity index (χ2n) is 22.7. The summed E-state index contributed by atoms with van der Waals surface area (Å²) in [6.45, 7) is 21.0. The van der Waals surface area contributed by atoms with Gasteiger partial charge in [0.15, 0.2) is 0 Å². The Morgan fingerprint density at radius 3 is 1.15 bits per heavy atom. The number of rotatable bonds is 3. The monoisotopic (exact) mass is 793 g/mol. The van der Waals surface area contributed by atoms with Gasteiger partial charge in [-0.2, -0.15) is 0 Å². The van der Waals surface area contributed by atoms with E-state index in [1.54, 1.807) is 9.80 Å². The van der Waals surface area contributed by atoms with E-state index >= 15 is 0 Å². The molecular formula is C56H67BN2. The zero-order chi connectivity index (χ0) is 53.8. The standard InChI is InChI=1S/C56H67BN2/c1-52(2,3)38-13-19-43(20-14-38)58-47-23-17-40(54(7,8)9)28-45(47)57-46-29-41(55(10,11)12)18-24-48(46)59(44-21-15-39(16-22-44)53(4,5)6)50-31-42(30-49(58)51(50)57)56-32-35-25-36(33-56)27-37(26-35)34-56/h13-24,28-31,35-37H,25-27,32-34H2,1-12H3/i13D,14D,15D,16D,17D,18D,19D,20D,21D,22D,23D,24D,28D,29D. The van der Waals surface area contributed by atoms with Gasteiger partial charge < -0.3 is 9.80 Å². The summed E-state index contributed by atoms with van der Waals surface area (Å²) in [6.07, 6.45) is 5.98. The Hall–Kier alpha value is -4.24. The maximum absolute atomic E-state index is 10.4. The van der Waals surface area contributed by atoms with Crippen molar-refractivity contribution in [3.8, 4) is 0 Å². The number of nitrogens with zero attached hydrogens (tertiary/aromatic N) is 2. The Morgan fingerprint density at radius 2 is 0.814 bits per heavy atom. The minimum absolute atomic E-state index is 0.00482. The van der Waals surface area contributed by atoms with Gasteiger partial charge in [-0.3, -0.25) is 0 Å². The maximum atomic E-state index is 10.4. The van der Waals surface area contributed by atoms with Gasteiger partial charge in [0, 0.05) is 34.1 Å². The molecule has 0 amide bonds. The van der Waals surface area contributed by atoms with Crippen LogP contribution in [0.3, 0.4) is 0 Å². The van der Waals surface area contributed by atoms with Crippen molar-refractivity contribution in [3.05, 3.63) is 125 Å². The SMILES string of the molecule is [2H]c1c([2H])c(C(C)(C)C)c([2H])c([2H])c1N1c2cc(C34CC5CC(CC(C5)C3)C4)cc3c2B(c2c([2H])c(C(C)(C)C)c([2H])c([2H])c21)c1c([2H])c(C(C)(C)C)c([2H])c([2H])c1N3c1c([2H])c([2H])c(C(C)(C)C)c([2H])c1[2H]. The Bertz CT molecular complexity index is 3000. The molecule has 6 aliphatic rings. The molecular weight excluding hydrogens is 711 g/mol. The van der Waals surface area contributed by atoms with Crippen molar-refractivity contribution >= 4 is 57.2 Å². The molecule has 2 heterocycles. The molecule has 5 aromatic rings.